The molecule has 0 bridgehead atoms. The van der Waals surface area contributed by atoms with Gasteiger partial charge in [0.15, 0.2) is 11.7 Å². The molecule has 134 valence electrons. The summed E-state index contributed by atoms with van der Waals surface area (Å²) in [6.45, 7) is -0.414. The molecule has 1 N–H and O–H groups in total. The van der Waals surface area contributed by atoms with Crippen LogP contribution in [-0.2, 0) is 9.53 Å². The third-order valence-electron chi connectivity index (χ3n) is 3.87. The lowest BCUT2D eigenvalue weighted by molar-refractivity contribution is -0.119. The normalized spacial score (nSPS) is 10.7. The molecule has 0 aliphatic heterocycles. The van der Waals surface area contributed by atoms with Crippen LogP contribution in [-0.4, -0.2) is 23.5 Å². The zero-order chi connectivity index (χ0) is 18.6. The third kappa shape index (κ3) is 3.73. The Kier molecular flexibility index (Phi) is 4.67. The van der Waals surface area contributed by atoms with Crippen LogP contribution in [0.5, 0.6) is 0 Å². The first-order valence-electron chi connectivity index (χ1n) is 8.15. The van der Waals surface area contributed by atoms with E-state index in [0.29, 0.717) is 5.13 Å². The largest absolute Gasteiger partial charge is 0.457 e. The number of rotatable bonds is 5. The third-order valence-corrected chi connectivity index (χ3v) is 4.63. The molecule has 0 unspecified atom stereocenters. The highest BCUT2D eigenvalue weighted by Crippen LogP contribution is 2.30. The fourth-order valence-corrected chi connectivity index (χ4v) is 3.38. The summed E-state index contributed by atoms with van der Waals surface area (Å²) in [5.41, 5.74) is 1.77. The van der Waals surface area contributed by atoms with Crippen LogP contribution in [0.3, 0.4) is 0 Å². The second-order valence-electron chi connectivity index (χ2n) is 5.67. The van der Waals surface area contributed by atoms with E-state index in [1.54, 1.807) is 6.07 Å². The maximum absolute atomic E-state index is 12.0. The van der Waals surface area contributed by atoms with Gasteiger partial charge in [0.25, 0.3) is 5.91 Å². The van der Waals surface area contributed by atoms with Gasteiger partial charge in [0, 0.05) is 10.9 Å². The van der Waals surface area contributed by atoms with E-state index in [0.717, 1.165) is 22.0 Å². The average molecular weight is 378 g/mol. The summed E-state index contributed by atoms with van der Waals surface area (Å²) in [6, 6.07) is 17.1. The number of hydrogen-bond acceptors (Lipinski definition) is 6. The molecule has 4 rings (SSSR count). The highest BCUT2D eigenvalue weighted by molar-refractivity contribution is 7.14. The molecule has 1 amide bonds. The van der Waals surface area contributed by atoms with E-state index in [9.17, 15) is 9.59 Å². The summed E-state index contributed by atoms with van der Waals surface area (Å²) in [6.07, 6.45) is 1.36. The van der Waals surface area contributed by atoms with E-state index in [-0.39, 0.29) is 5.76 Å². The van der Waals surface area contributed by atoms with Gasteiger partial charge >= 0.3 is 5.97 Å². The summed E-state index contributed by atoms with van der Waals surface area (Å²) in [5, 5.41) is 7.18. The minimum atomic E-state index is -0.689. The van der Waals surface area contributed by atoms with Gasteiger partial charge in [0.05, 0.1) is 12.0 Å². The highest BCUT2D eigenvalue weighted by Gasteiger charge is 2.14. The number of nitrogens with zero attached hydrogens (tertiary/aromatic N) is 1. The molecule has 0 aliphatic rings. The Bertz CT molecular complexity index is 1100. The van der Waals surface area contributed by atoms with Gasteiger partial charge in [-0.25, -0.2) is 9.78 Å². The molecular formula is C20H14N2O4S. The van der Waals surface area contributed by atoms with Crippen molar-refractivity contribution in [2.24, 2.45) is 0 Å². The molecule has 0 atom stereocenters. The lowest BCUT2D eigenvalue weighted by Gasteiger charge is -2.04. The van der Waals surface area contributed by atoms with Crippen LogP contribution in [0.1, 0.15) is 10.6 Å². The van der Waals surface area contributed by atoms with E-state index in [2.05, 4.69) is 10.3 Å². The minimum absolute atomic E-state index is 0.0512. The fraction of sp³-hybridized carbons (Fsp3) is 0.0500. The van der Waals surface area contributed by atoms with Gasteiger partial charge in [-0.15, -0.1) is 11.3 Å². The van der Waals surface area contributed by atoms with Gasteiger partial charge in [0.2, 0.25) is 5.76 Å². The van der Waals surface area contributed by atoms with Gasteiger partial charge in [-0.2, -0.15) is 0 Å². The molecule has 0 fully saturated rings. The number of benzene rings is 2. The van der Waals surface area contributed by atoms with Crippen LogP contribution in [0, 0.1) is 0 Å². The van der Waals surface area contributed by atoms with Gasteiger partial charge < -0.3 is 9.15 Å². The first-order valence-corrected chi connectivity index (χ1v) is 9.03. The number of carbonyl (C=O) groups is 2. The van der Waals surface area contributed by atoms with Crippen molar-refractivity contribution in [3.8, 4) is 11.3 Å². The van der Waals surface area contributed by atoms with E-state index < -0.39 is 18.5 Å². The highest BCUT2D eigenvalue weighted by atomic mass is 32.1. The topological polar surface area (TPSA) is 81.4 Å². The number of fused-ring (bicyclic) bond motifs is 1. The van der Waals surface area contributed by atoms with Crippen LogP contribution >= 0.6 is 11.3 Å². The van der Waals surface area contributed by atoms with Gasteiger partial charge in [-0.05, 0) is 22.9 Å². The molecule has 0 saturated heterocycles. The quantitative estimate of drug-likeness (QED) is 0.522. The second-order valence-corrected chi connectivity index (χ2v) is 6.52. The van der Waals surface area contributed by atoms with Crippen LogP contribution < -0.4 is 5.32 Å². The van der Waals surface area contributed by atoms with E-state index >= 15 is 0 Å². The zero-order valence-corrected chi connectivity index (χ0v) is 14.9. The molecule has 0 aliphatic carbocycles. The SMILES string of the molecule is O=C(COC(=O)c1ccco1)Nc1nc(-c2cccc3ccccc23)cs1. The first kappa shape index (κ1) is 17.0. The Morgan fingerprint density at radius 2 is 1.93 bits per heavy atom. The van der Waals surface area contributed by atoms with E-state index in [1.807, 2.05) is 47.8 Å². The fourth-order valence-electron chi connectivity index (χ4n) is 2.66. The molecular weight excluding hydrogens is 364 g/mol. The number of carbonyl (C=O) groups excluding carboxylic acids is 2. The number of esters is 1. The standard InChI is InChI=1S/C20H14N2O4S/c23-18(11-26-19(24)17-9-4-10-25-17)22-20-21-16(12-27-20)15-8-3-6-13-5-1-2-7-14(13)15/h1-10,12H,11H2,(H,21,22,23). The number of anilines is 1. The second kappa shape index (κ2) is 7.43. The van der Waals surface area contributed by atoms with Gasteiger partial charge in [-0.3, -0.25) is 10.1 Å². The summed E-state index contributed by atoms with van der Waals surface area (Å²) < 4.78 is 9.82. The Morgan fingerprint density at radius 3 is 2.78 bits per heavy atom. The van der Waals surface area contributed by atoms with Crippen LogP contribution in [0.4, 0.5) is 5.13 Å². The number of aromatic nitrogens is 1. The number of ether oxygens (including phenoxy) is 1. The summed E-state index contributed by atoms with van der Waals surface area (Å²) in [7, 11) is 0. The first-order chi connectivity index (χ1) is 13.2. The van der Waals surface area contributed by atoms with Crippen LogP contribution in [0.15, 0.2) is 70.7 Å². The molecule has 2 aromatic carbocycles. The molecule has 2 aromatic heterocycles. The van der Waals surface area contributed by atoms with Crippen molar-refractivity contribution in [1.29, 1.82) is 0 Å². The van der Waals surface area contributed by atoms with Gasteiger partial charge in [0.1, 0.15) is 0 Å². The lowest BCUT2D eigenvalue weighted by atomic mass is 10.0. The van der Waals surface area contributed by atoms with Crippen LogP contribution in [0.2, 0.25) is 0 Å². The minimum Gasteiger partial charge on any atom is -0.457 e. The van der Waals surface area contributed by atoms with Crippen molar-refractivity contribution < 1.29 is 18.7 Å². The molecule has 0 radical (unpaired) electrons. The Balaban J connectivity index is 1.43. The molecule has 6 nitrogen and oxygen atoms in total. The Labute approximate surface area is 158 Å². The van der Waals surface area contributed by atoms with Crippen LogP contribution in [0.25, 0.3) is 22.0 Å². The van der Waals surface area contributed by atoms with Crippen molar-refractivity contribution in [2.75, 3.05) is 11.9 Å². The van der Waals surface area contributed by atoms with E-state index in [1.165, 1.54) is 23.7 Å². The molecule has 7 heteroatoms. The molecule has 2 heterocycles. The van der Waals surface area contributed by atoms with Crippen molar-refractivity contribution in [3.63, 3.8) is 0 Å². The summed E-state index contributed by atoms with van der Waals surface area (Å²) in [4.78, 5) is 28.1. The number of thiazole rings is 1. The molecule has 0 spiro atoms. The molecule has 4 aromatic rings. The summed E-state index contributed by atoms with van der Waals surface area (Å²) >= 11 is 1.31. The maximum Gasteiger partial charge on any atom is 0.374 e. The predicted molar refractivity (Wildman–Crippen MR) is 103 cm³/mol. The smallest absolute Gasteiger partial charge is 0.374 e. The predicted octanol–water partition coefficient (Wildman–Crippen LogP) is 4.35. The summed E-state index contributed by atoms with van der Waals surface area (Å²) in [5.74, 6) is -1.10. The van der Waals surface area contributed by atoms with Crippen molar-refractivity contribution >= 4 is 39.1 Å². The van der Waals surface area contributed by atoms with Crippen molar-refractivity contribution in [3.05, 3.63) is 72.0 Å². The number of hydrogen-bond donors (Lipinski definition) is 1. The number of amides is 1. The monoisotopic (exact) mass is 378 g/mol. The Hall–Kier alpha value is -3.45. The van der Waals surface area contributed by atoms with E-state index in [4.69, 9.17) is 9.15 Å². The maximum atomic E-state index is 12.0. The number of furan rings is 1. The number of nitrogens with one attached hydrogen (secondary N) is 1. The Morgan fingerprint density at radius 1 is 1.07 bits per heavy atom. The molecule has 27 heavy (non-hydrogen) atoms. The zero-order valence-electron chi connectivity index (χ0n) is 14.0. The van der Waals surface area contributed by atoms with Gasteiger partial charge in [-0.1, -0.05) is 42.5 Å². The van der Waals surface area contributed by atoms with Crippen molar-refractivity contribution in [2.45, 2.75) is 0 Å². The molecule has 0 saturated carbocycles. The lowest BCUT2D eigenvalue weighted by Crippen LogP contribution is -2.20. The average Bonchev–Trinajstić information content (AvgIpc) is 3.38. The van der Waals surface area contributed by atoms with Crippen molar-refractivity contribution in [1.82, 2.24) is 4.98 Å².